The highest BCUT2D eigenvalue weighted by molar-refractivity contribution is 5.70. The minimum absolute atomic E-state index is 0.211. The van der Waals surface area contributed by atoms with Crippen LogP contribution in [0.3, 0.4) is 0 Å². The molecule has 2 aliphatic rings. The largest absolute Gasteiger partial charge is 0.415 e. The van der Waals surface area contributed by atoms with Crippen LogP contribution in [-0.4, -0.2) is 36.7 Å². The third-order valence-electron chi connectivity index (χ3n) is 3.99. The normalized spacial score (nSPS) is 21.7. The molecule has 1 aliphatic carbocycles. The number of hydrogen-bond donors (Lipinski definition) is 1. The number of hydrogen-bond acceptors (Lipinski definition) is 3. The number of benzene rings is 1. The van der Waals surface area contributed by atoms with Gasteiger partial charge in [-0.2, -0.15) is 0 Å². The molecule has 108 valence electrons. The molecule has 1 aliphatic heterocycles. The number of nitrogens with one attached hydrogen (secondary N) is 1. The van der Waals surface area contributed by atoms with Gasteiger partial charge in [-0.3, -0.25) is 0 Å². The monoisotopic (exact) mass is 274 g/mol. The van der Waals surface area contributed by atoms with E-state index in [9.17, 15) is 4.79 Å². The van der Waals surface area contributed by atoms with Crippen LogP contribution in [0.15, 0.2) is 30.3 Å². The van der Waals surface area contributed by atoms with E-state index in [0.717, 1.165) is 26.1 Å². The molecule has 0 bridgehead atoms. The van der Waals surface area contributed by atoms with E-state index in [2.05, 4.69) is 5.32 Å². The van der Waals surface area contributed by atoms with Gasteiger partial charge in [-0.25, -0.2) is 4.79 Å². The maximum Gasteiger partial charge on any atom is 0.415 e. The van der Waals surface area contributed by atoms with Crippen LogP contribution in [0.1, 0.15) is 25.7 Å². The lowest BCUT2D eigenvalue weighted by molar-refractivity contribution is 0.145. The van der Waals surface area contributed by atoms with Crippen LogP contribution in [0, 0.1) is 5.92 Å². The van der Waals surface area contributed by atoms with Gasteiger partial charge in [0, 0.05) is 19.1 Å². The van der Waals surface area contributed by atoms with E-state index in [1.165, 1.54) is 19.3 Å². The molecule has 1 N–H and O–H groups in total. The van der Waals surface area contributed by atoms with Gasteiger partial charge in [0.2, 0.25) is 0 Å². The first-order chi connectivity index (χ1) is 9.81. The van der Waals surface area contributed by atoms with Crippen molar-refractivity contribution in [1.82, 2.24) is 10.2 Å². The Labute approximate surface area is 120 Å². The molecule has 4 nitrogen and oxygen atoms in total. The average molecular weight is 274 g/mol. The lowest BCUT2D eigenvalue weighted by Crippen LogP contribution is -2.43. The number of rotatable bonds is 5. The van der Waals surface area contributed by atoms with E-state index in [0.29, 0.717) is 17.7 Å². The Hall–Kier alpha value is -1.55. The predicted octanol–water partition coefficient (Wildman–Crippen LogP) is 2.65. The number of ether oxygens (including phenoxy) is 1. The second-order valence-corrected chi connectivity index (χ2v) is 5.82. The van der Waals surface area contributed by atoms with Crippen LogP contribution in [0.2, 0.25) is 0 Å². The highest BCUT2D eigenvalue weighted by Crippen LogP contribution is 2.30. The molecule has 0 aromatic heterocycles. The van der Waals surface area contributed by atoms with Crippen LogP contribution in [-0.2, 0) is 0 Å². The summed E-state index contributed by atoms with van der Waals surface area (Å²) in [6, 6.07) is 9.75. The lowest BCUT2D eigenvalue weighted by Gasteiger charge is -2.25. The van der Waals surface area contributed by atoms with Gasteiger partial charge in [-0.05, 0) is 50.3 Å². The molecule has 20 heavy (non-hydrogen) atoms. The van der Waals surface area contributed by atoms with Crippen LogP contribution in [0.5, 0.6) is 5.75 Å². The summed E-state index contributed by atoms with van der Waals surface area (Å²) < 4.78 is 5.47. The van der Waals surface area contributed by atoms with Gasteiger partial charge in [-0.1, -0.05) is 18.2 Å². The van der Waals surface area contributed by atoms with Crippen molar-refractivity contribution in [2.45, 2.75) is 31.7 Å². The Morgan fingerprint density at radius 3 is 2.65 bits per heavy atom. The average Bonchev–Trinajstić information content (AvgIpc) is 3.13. The molecule has 1 heterocycles. The number of amides is 1. The summed E-state index contributed by atoms with van der Waals surface area (Å²) in [7, 11) is 0. The van der Waals surface area contributed by atoms with Crippen molar-refractivity contribution in [3.05, 3.63) is 30.3 Å². The maximum absolute atomic E-state index is 12.3. The molecule has 1 atom stereocenters. The molecular weight excluding hydrogens is 252 g/mol. The van der Waals surface area contributed by atoms with Gasteiger partial charge in [-0.15, -0.1) is 0 Å². The van der Waals surface area contributed by atoms with E-state index >= 15 is 0 Å². The fraction of sp³-hybridized carbons (Fsp3) is 0.562. The van der Waals surface area contributed by atoms with E-state index in [1.807, 2.05) is 35.2 Å². The Kier molecular flexibility index (Phi) is 4.21. The number of para-hydroxylation sites is 1. The van der Waals surface area contributed by atoms with Crippen molar-refractivity contribution in [3.63, 3.8) is 0 Å². The predicted molar refractivity (Wildman–Crippen MR) is 77.8 cm³/mol. The van der Waals surface area contributed by atoms with Crippen molar-refractivity contribution in [2.75, 3.05) is 19.6 Å². The topological polar surface area (TPSA) is 41.6 Å². The van der Waals surface area contributed by atoms with Crippen molar-refractivity contribution in [3.8, 4) is 5.75 Å². The molecule has 1 aromatic carbocycles. The van der Waals surface area contributed by atoms with Crippen LogP contribution in [0.4, 0.5) is 4.79 Å². The Bertz CT molecular complexity index is 439. The Morgan fingerprint density at radius 2 is 2.00 bits per heavy atom. The van der Waals surface area contributed by atoms with E-state index < -0.39 is 0 Å². The second kappa shape index (κ2) is 6.27. The zero-order chi connectivity index (χ0) is 13.8. The molecule has 2 fully saturated rings. The first-order valence-electron chi connectivity index (χ1n) is 7.56. The fourth-order valence-corrected chi connectivity index (χ4v) is 2.67. The molecule has 4 heteroatoms. The third kappa shape index (κ3) is 3.73. The molecule has 1 saturated heterocycles. The van der Waals surface area contributed by atoms with E-state index in [-0.39, 0.29) is 6.09 Å². The van der Waals surface area contributed by atoms with Crippen molar-refractivity contribution >= 4 is 6.09 Å². The van der Waals surface area contributed by atoms with Gasteiger partial charge in [0.1, 0.15) is 5.75 Å². The van der Waals surface area contributed by atoms with E-state index in [4.69, 9.17) is 4.74 Å². The number of carbonyl (C=O) groups is 1. The Balaban J connectivity index is 1.59. The first-order valence-corrected chi connectivity index (χ1v) is 7.56. The SMILES string of the molecule is O=C(Oc1ccccc1)N(CC1CC1)CC1CCCN1. The molecule has 0 radical (unpaired) electrons. The van der Waals surface area contributed by atoms with Crippen molar-refractivity contribution in [1.29, 1.82) is 0 Å². The summed E-state index contributed by atoms with van der Waals surface area (Å²) in [5, 5.41) is 3.45. The minimum atomic E-state index is -0.211. The van der Waals surface area contributed by atoms with Gasteiger partial charge in [0.15, 0.2) is 0 Å². The number of carbonyl (C=O) groups excluding carboxylic acids is 1. The zero-order valence-electron chi connectivity index (χ0n) is 11.8. The quantitative estimate of drug-likeness (QED) is 0.897. The second-order valence-electron chi connectivity index (χ2n) is 5.82. The first kappa shape index (κ1) is 13.4. The van der Waals surface area contributed by atoms with Gasteiger partial charge < -0.3 is 15.0 Å². The molecule has 0 spiro atoms. The summed E-state index contributed by atoms with van der Waals surface area (Å²) in [5.74, 6) is 1.30. The summed E-state index contributed by atoms with van der Waals surface area (Å²) >= 11 is 0. The van der Waals surface area contributed by atoms with Crippen LogP contribution >= 0.6 is 0 Å². The highest BCUT2D eigenvalue weighted by atomic mass is 16.6. The zero-order valence-corrected chi connectivity index (χ0v) is 11.8. The summed E-state index contributed by atoms with van der Waals surface area (Å²) in [4.78, 5) is 14.2. The Morgan fingerprint density at radius 1 is 1.20 bits per heavy atom. The van der Waals surface area contributed by atoms with Crippen LogP contribution in [0.25, 0.3) is 0 Å². The summed E-state index contributed by atoms with van der Waals surface area (Å²) in [6.45, 7) is 2.67. The lowest BCUT2D eigenvalue weighted by atomic mass is 10.2. The molecular formula is C16H22N2O2. The van der Waals surface area contributed by atoms with Gasteiger partial charge in [0.05, 0.1) is 0 Å². The maximum atomic E-state index is 12.3. The van der Waals surface area contributed by atoms with Gasteiger partial charge in [0.25, 0.3) is 0 Å². The molecule has 1 amide bonds. The fourth-order valence-electron chi connectivity index (χ4n) is 2.67. The van der Waals surface area contributed by atoms with Crippen molar-refractivity contribution in [2.24, 2.45) is 5.92 Å². The highest BCUT2D eigenvalue weighted by Gasteiger charge is 2.30. The van der Waals surface area contributed by atoms with E-state index in [1.54, 1.807) is 0 Å². The van der Waals surface area contributed by atoms with Crippen LogP contribution < -0.4 is 10.1 Å². The summed E-state index contributed by atoms with van der Waals surface area (Å²) in [6.07, 6.45) is 4.63. The minimum Gasteiger partial charge on any atom is -0.410 e. The standard InChI is InChI=1S/C16H22N2O2/c19-16(20-15-6-2-1-3-7-15)18(11-13-8-9-13)12-14-5-4-10-17-14/h1-3,6-7,13-14,17H,4-5,8-12H2. The van der Waals surface area contributed by atoms with Crippen molar-refractivity contribution < 1.29 is 9.53 Å². The molecule has 1 aromatic rings. The van der Waals surface area contributed by atoms with Gasteiger partial charge >= 0.3 is 6.09 Å². The smallest absolute Gasteiger partial charge is 0.410 e. The molecule has 1 unspecified atom stereocenters. The molecule has 3 rings (SSSR count). The third-order valence-corrected chi connectivity index (χ3v) is 3.99. The summed E-state index contributed by atoms with van der Waals surface area (Å²) in [5.41, 5.74) is 0. The molecule has 1 saturated carbocycles. The number of nitrogens with zero attached hydrogens (tertiary/aromatic N) is 1.